The lowest BCUT2D eigenvalue weighted by molar-refractivity contribution is 0.187. The summed E-state index contributed by atoms with van der Waals surface area (Å²) < 4.78 is 2.93. The van der Waals surface area contributed by atoms with Crippen LogP contribution in [0.1, 0.15) is 25.1 Å². The Morgan fingerprint density at radius 3 is 2.55 bits per heavy atom. The van der Waals surface area contributed by atoms with Crippen molar-refractivity contribution in [2.45, 2.75) is 32.9 Å². The van der Waals surface area contributed by atoms with Gasteiger partial charge in [-0.15, -0.1) is 0 Å². The molecule has 0 spiro atoms. The minimum absolute atomic E-state index is 0.104. The second kappa shape index (κ2) is 6.08. The van der Waals surface area contributed by atoms with Gasteiger partial charge in [0.15, 0.2) is 0 Å². The quantitative estimate of drug-likeness (QED) is 0.881. The summed E-state index contributed by atoms with van der Waals surface area (Å²) in [7, 11) is 0. The Labute approximate surface area is 127 Å². The summed E-state index contributed by atoms with van der Waals surface area (Å²) in [6.07, 6.45) is 2.03. The lowest BCUT2D eigenvalue weighted by atomic mass is 10.1. The minimum atomic E-state index is -0.286. The molecule has 2 N–H and O–H groups in total. The molecule has 108 valence electrons. The Morgan fingerprint density at radius 2 is 1.95 bits per heavy atom. The molecule has 0 saturated carbocycles. The van der Waals surface area contributed by atoms with Crippen LogP contribution in [0.2, 0.25) is 0 Å². The lowest BCUT2D eigenvalue weighted by Gasteiger charge is -2.23. The van der Waals surface area contributed by atoms with Gasteiger partial charge in [0.1, 0.15) is 0 Å². The van der Waals surface area contributed by atoms with E-state index >= 15 is 0 Å². The number of hydrogen-bond donors (Lipinski definition) is 2. The van der Waals surface area contributed by atoms with E-state index in [1.165, 1.54) is 0 Å². The van der Waals surface area contributed by atoms with Crippen LogP contribution in [-0.4, -0.2) is 27.0 Å². The van der Waals surface area contributed by atoms with E-state index in [1.807, 2.05) is 55.9 Å². The van der Waals surface area contributed by atoms with Gasteiger partial charge in [0.05, 0.1) is 18.0 Å². The lowest BCUT2D eigenvalue weighted by Crippen LogP contribution is -2.42. The number of nitrogens with zero attached hydrogens (tertiary/aromatic N) is 2. The molecule has 4 nitrogen and oxygen atoms in total. The SMILES string of the molecule is Cc1nn(-c2ccc(Br)cc2)cc1CNC(C)(C)CO. The summed E-state index contributed by atoms with van der Waals surface area (Å²) in [6, 6.07) is 8.04. The zero-order valence-corrected chi connectivity index (χ0v) is 13.6. The summed E-state index contributed by atoms with van der Waals surface area (Å²) >= 11 is 3.43. The average molecular weight is 338 g/mol. The number of nitrogens with one attached hydrogen (secondary N) is 1. The van der Waals surface area contributed by atoms with Crippen LogP contribution in [0, 0.1) is 6.92 Å². The third-order valence-corrected chi connectivity index (χ3v) is 3.77. The topological polar surface area (TPSA) is 50.1 Å². The van der Waals surface area contributed by atoms with Gasteiger partial charge in [0.2, 0.25) is 0 Å². The molecule has 0 bridgehead atoms. The molecule has 0 amide bonds. The number of hydrogen-bond acceptors (Lipinski definition) is 3. The molecule has 0 radical (unpaired) electrons. The molecule has 0 aliphatic carbocycles. The van der Waals surface area contributed by atoms with Crippen molar-refractivity contribution in [3.63, 3.8) is 0 Å². The first-order valence-corrected chi connectivity index (χ1v) is 7.37. The summed E-state index contributed by atoms with van der Waals surface area (Å²) in [5.74, 6) is 0. The van der Waals surface area contributed by atoms with E-state index < -0.39 is 0 Å². The number of aryl methyl sites for hydroxylation is 1. The first-order chi connectivity index (χ1) is 9.41. The Bertz CT molecular complexity index is 575. The first-order valence-electron chi connectivity index (χ1n) is 6.58. The standard InChI is InChI=1S/C15H20BrN3O/c1-11-12(8-17-15(2,3)10-20)9-19(18-11)14-6-4-13(16)5-7-14/h4-7,9,17,20H,8,10H2,1-3H3. The predicted octanol–water partition coefficient (Wildman–Crippen LogP) is 2.80. The third kappa shape index (κ3) is 3.69. The van der Waals surface area contributed by atoms with Gasteiger partial charge in [0.25, 0.3) is 0 Å². The summed E-state index contributed by atoms with van der Waals surface area (Å²) in [4.78, 5) is 0. The highest BCUT2D eigenvalue weighted by Crippen LogP contribution is 2.16. The molecule has 1 aromatic heterocycles. The van der Waals surface area contributed by atoms with E-state index in [4.69, 9.17) is 0 Å². The molecule has 0 atom stereocenters. The highest BCUT2D eigenvalue weighted by Gasteiger charge is 2.16. The van der Waals surface area contributed by atoms with Crippen molar-refractivity contribution in [1.82, 2.24) is 15.1 Å². The summed E-state index contributed by atoms with van der Waals surface area (Å²) in [6.45, 7) is 6.74. The number of rotatable bonds is 5. The van der Waals surface area contributed by atoms with Crippen LogP contribution in [0.3, 0.4) is 0 Å². The zero-order valence-electron chi connectivity index (χ0n) is 12.0. The highest BCUT2D eigenvalue weighted by molar-refractivity contribution is 9.10. The fourth-order valence-corrected chi connectivity index (χ4v) is 2.05. The Kier molecular flexibility index (Phi) is 4.62. The van der Waals surface area contributed by atoms with Crippen molar-refractivity contribution in [2.75, 3.05) is 6.61 Å². The molecule has 0 aliphatic rings. The maximum Gasteiger partial charge on any atom is 0.0646 e. The number of aromatic nitrogens is 2. The van der Waals surface area contributed by atoms with Crippen LogP contribution in [0.15, 0.2) is 34.9 Å². The van der Waals surface area contributed by atoms with Crippen LogP contribution >= 0.6 is 15.9 Å². The van der Waals surface area contributed by atoms with Crippen LogP contribution < -0.4 is 5.32 Å². The van der Waals surface area contributed by atoms with E-state index in [9.17, 15) is 5.11 Å². The van der Waals surface area contributed by atoms with Gasteiger partial charge in [-0.25, -0.2) is 4.68 Å². The molecule has 1 heterocycles. The van der Waals surface area contributed by atoms with Crippen LogP contribution in [0.25, 0.3) is 5.69 Å². The number of halogens is 1. The van der Waals surface area contributed by atoms with E-state index in [-0.39, 0.29) is 12.1 Å². The van der Waals surface area contributed by atoms with Crippen molar-refractivity contribution in [3.05, 3.63) is 46.2 Å². The van der Waals surface area contributed by atoms with Gasteiger partial charge in [-0.3, -0.25) is 0 Å². The fraction of sp³-hybridized carbons (Fsp3) is 0.400. The molecule has 0 unspecified atom stereocenters. The van der Waals surface area contributed by atoms with E-state index in [0.717, 1.165) is 21.4 Å². The highest BCUT2D eigenvalue weighted by atomic mass is 79.9. The largest absolute Gasteiger partial charge is 0.394 e. The van der Waals surface area contributed by atoms with Gasteiger partial charge in [0, 0.05) is 28.3 Å². The molecular weight excluding hydrogens is 318 g/mol. The van der Waals surface area contributed by atoms with Crippen molar-refractivity contribution < 1.29 is 5.11 Å². The fourth-order valence-electron chi connectivity index (χ4n) is 1.79. The van der Waals surface area contributed by atoms with Crippen molar-refractivity contribution in [2.24, 2.45) is 0 Å². The molecule has 2 aromatic rings. The average Bonchev–Trinajstić information content (AvgIpc) is 2.79. The van der Waals surface area contributed by atoms with Crippen molar-refractivity contribution in [3.8, 4) is 5.69 Å². The Balaban J connectivity index is 2.15. The number of aliphatic hydroxyl groups is 1. The number of benzene rings is 1. The van der Waals surface area contributed by atoms with Crippen LogP contribution in [-0.2, 0) is 6.54 Å². The van der Waals surface area contributed by atoms with Crippen molar-refractivity contribution >= 4 is 15.9 Å². The van der Waals surface area contributed by atoms with E-state index in [0.29, 0.717) is 6.54 Å². The maximum absolute atomic E-state index is 9.26. The molecule has 0 saturated heterocycles. The Morgan fingerprint density at radius 1 is 1.30 bits per heavy atom. The zero-order chi connectivity index (χ0) is 14.8. The Hall–Kier alpha value is -1.17. The van der Waals surface area contributed by atoms with E-state index in [2.05, 4.69) is 26.3 Å². The summed E-state index contributed by atoms with van der Waals surface area (Å²) in [5.41, 5.74) is 2.87. The second-order valence-electron chi connectivity index (χ2n) is 5.56. The molecule has 2 rings (SSSR count). The van der Waals surface area contributed by atoms with Gasteiger partial charge >= 0.3 is 0 Å². The normalized spacial score (nSPS) is 11.8. The van der Waals surface area contributed by atoms with Crippen molar-refractivity contribution in [1.29, 1.82) is 0 Å². The molecular formula is C15H20BrN3O. The predicted molar refractivity (Wildman–Crippen MR) is 84.0 cm³/mol. The third-order valence-electron chi connectivity index (χ3n) is 3.24. The van der Waals surface area contributed by atoms with E-state index in [1.54, 1.807) is 0 Å². The monoisotopic (exact) mass is 337 g/mol. The first kappa shape index (κ1) is 15.2. The summed E-state index contributed by atoms with van der Waals surface area (Å²) in [5, 5.41) is 17.1. The number of aliphatic hydroxyl groups excluding tert-OH is 1. The van der Waals surface area contributed by atoms with Gasteiger partial charge in [-0.05, 0) is 45.0 Å². The molecule has 0 aliphatic heterocycles. The van der Waals surface area contributed by atoms with Crippen LogP contribution in [0.4, 0.5) is 0 Å². The molecule has 0 fully saturated rings. The minimum Gasteiger partial charge on any atom is -0.394 e. The maximum atomic E-state index is 9.26. The molecule has 5 heteroatoms. The molecule has 20 heavy (non-hydrogen) atoms. The van der Waals surface area contributed by atoms with Gasteiger partial charge < -0.3 is 10.4 Å². The smallest absolute Gasteiger partial charge is 0.0646 e. The second-order valence-corrected chi connectivity index (χ2v) is 6.47. The van der Waals surface area contributed by atoms with Gasteiger partial charge in [-0.1, -0.05) is 15.9 Å². The van der Waals surface area contributed by atoms with Gasteiger partial charge in [-0.2, -0.15) is 5.10 Å². The van der Waals surface area contributed by atoms with Crippen LogP contribution in [0.5, 0.6) is 0 Å². The molecule has 1 aromatic carbocycles.